The first kappa shape index (κ1) is 26.7. The molecular weight excluding hydrogens is 509 g/mol. The molecule has 0 radical (unpaired) electrons. The normalized spacial score (nSPS) is 16.2. The predicted octanol–water partition coefficient (Wildman–Crippen LogP) is 4.15. The van der Waals surface area contributed by atoms with Gasteiger partial charge in [-0.3, -0.25) is 4.79 Å². The number of aromatic nitrogens is 3. The molecule has 39 heavy (non-hydrogen) atoms. The number of halogens is 1. The highest BCUT2D eigenvalue weighted by Crippen LogP contribution is 2.39. The summed E-state index contributed by atoms with van der Waals surface area (Å²) in [5, 5.41) is 4.62. The van der Waals surface area contributed by atoms with Crippen LogP contribution in [-0.4, -0.2) is 71.5 Å². The number of benzene rings is 1. The first-order valence-electron chi connectivity index (χ1n) is 13.1. The maximum atomic E-state index is 14.6. The number of rotatable bonds is 9. The molecule has 5 rings (SSSR count). The first-order valence-corrected chi connectivity index (χ1v) is 13.1. The number of aromatic amines is 1. The average molecular weight is 542 g/mol. The van der Waals surface area contributed by atoms with E-state index in [0.717, 1.165) is 12.8 Å². The summed E-state index contributed by atoms with van der Waals surface area (Å²) < 4.78 is 30.6. The van der Waals surface area contributed by atoms with E-state index in [2.05, 4.69) is 20.3 Å². The van der Waals surface area contributed by atoms with Crippen molar-refractivity contribution in [2.24, 2.45) is 5.92 Å². The molecule has 1 aromatic carbocycles. The van der Waals surface area contributed by atoms with E-state index in [0.29, 0.717) is 77.8 Å². The third kappa shape index (κ3) is 5.90. The zero-order valence-corrected chi connectivity index (χ0v) is 22.2. The Hall–Kier alpha value is -3.93. The number of hydrogen-bond acceptors (Lipinski definition) is 9. The van der Waals surface area contributed by atoms with E-state index in [1.807, 2.05) is 0 Å². The third-order valence-electron chi connectivity index (χ3n) is 6.93. The van der Waals surface area contributed by atoms with Crippen molar-refractivity contribution < 1.29 is 33.0 Å². The zero-order chi connectivity index (χ0) is 27.5. The Morgan fingerprint density at radius 2 is 1.92 bits per heavy atom. The highest BCUT2D eigenvalue weighted by Gasteiger charge is 2.28. The van der Waals surface area contributed by atoms with Crippen LogP contribution in [0.1, 0.15) is 48.7 Å². The van der Waals surface area contributed by atoms with Crippen LogP contribution in [0.25, 0.3) is 22.3 Å². The Morgan fingerprint density at radius 3 is 2.62 bits per heavy atom. The number of aryl methyl sites for hydroxylation is 1. The van der Waals surface area contributed by atoms with Crippen LogP contribution in [0.3, 0.4) is 0 Å². The van der Waals surface area contributed by atoms with Crippen LogP contribution in [0.15, 0.2) is 18.5 Å². The number of hydrogen-bond donors (Lipinski definition) is 2. The monoisotopic (exact) mass is 541 g/mol. The second kappa shape index (κ2) is 11.4. The number of methoxy groups -OCH3 is 1. The van der Waals surface area contributed by atoms with E-state index in [1.165, 1.54) is 24.6 Å². The van der Waals surface area contributed by atoms with E-state index >= 15 is 0 Å². The summed E-state index contributed by atoms with van der Waals surface area (Å²) in [6.45, 7) is 5.18. The Morgan fingerprint density at radius 1 is 1.15 bits per heavy atom. The fourth-order valence-electron chi connectivity index (χ4n) is 4.69. The molecule has 2 N–H and O–H groups in total. The smallest absolute Gasteiger partial charge is 0.494 e. The van der Waals surface area contributed by atoms with Crippen LogP contribution in [0.2, 0.25) is 0 Å². The minimum absolute atomic E-state index is 0.0649. The number of piperidine rings is 1. The van der Waals surface area contributed by atoms with Gasteiger partial charge in [0.2, 0.25) is 0 Å². The van der Waals surface area contributed by atoms with Crippen LogP contribution < -0.4 is 14.8 Å². The molecular formula is C27H32FN5O6. The molecule has 1 saturated carbocycles. The molecule has 208 valence electrons. The number of nitrogens with one attached hydrogen (secondary N) is 2. The third-order valence-corrected chi connectivity index (χ3v) is 6.93. The minimum atomic E-state index is -0.732. The molecule has 1 amide bonds. The molecule has 11 nitrogen and oxygen atoms in total. The van der Waals surface area contributed by atoms with Gasteiger partial charge < -0.3 is 29.3 Å². The van der Waals surface area contributed by atoms with Crippen LogP contribution in [0.5, 0.6) is 11.5 Å². The van der Waals surface area contributed by atoms with Crippen molar-refractivity contribution in [3.63, 3.8) is 0 Å². The van der Waals surface area contributed by atoms with E-state index in [4.69, 9.17) is 19.0 Å². The summed E-state index contributed by atoms with van der Waals surface area (Å²) in [6.07, 6.45) is 4.04. The van der Waals surface area contributed by atoms with Crippen molar-refractivity contribution in [1.82, 2.24) is 25.3 Å². The van der Waals surface area contributed by atoms with Gasteiger partial charge in [0.25, 0.3) is 5.91 Å². The predicted molar refractivity (Wildman–Crippen MR) is 139 cm³/mol. The molecule has 2 aromatic heterocycles. The second-order valence-corrected chi connectivity index (χ2v) is 9.76. The van der Waals surface area contributed by atoms with E-state index in [9.17, 15) is 14.0 Å². The van der Waals surface area contributed by atoms with Crippen molar-refractivity contribution in [1.29, 1.82) is 0 Å². The number of hydroxylamine groups is 2. The van der Waals surface area contributed by atoms with Gasteiger partial charge >= 0.3 is 6.16 Å². The fraction of sp³-hybridized carbons (Fsp3) is 0.481. The van der Waals surface area contributed by atoms with E-state index in [-0.39, 0.29) is 24.3 Å². The molecule has 2 fully saturated rings. The topological polar surface area (TPSA) is 128 Å². The van der Waals surface area contributed by atoms with Crippen molar-refractivity contribution in [2.75, 3.05) is 33.4 Å². The van der Waals surface area contributed by atoms with Gasteiger partial charge in [-0.05, 0) is 51.5 Å². The molecule has 3 aromatic rings. The maximum Gasteiger partial charge on any atom is 0.527 e. The summed E-state index contributed by atoms with van der Waals surface area (Å²) >= 11 is 0. The molecule has 12 heteroatoms. The summed E-state index contributed by atoms with van der Waals surface area (Å²) in [7, 11) is 1.40. The average Bonchev–Trinajstić information content (AvgIpc) is 3.68. The highest BCUT2D eigenvalue weighted by atomic mass is 19.1. The largest absolute Gasteiger partial charge is 0.527 e. The zero-order valence-electron chi connectivity index (χ0n) is 22.2. The van der Waals surface area contributed by atoms with Gasteiger partial charge in [-0.15, -0.1) is 5.06 Å². The van der Waals surface area contributed by atoms with Gasteiger partial charge in [0.15, 0.2) is 11.6 Å². The van der Waals surface area contributed by atoms with Crippen LogP contribution in [0, 0.1) is 18.7 Å². The molecule has 1 aliphatic heterocycles. The second-order valence-electron chi connectivity index (χ2n) is 9.76. The van der Waals surface area contributed by atoms with Crippen LogP contribution in [-0.2, 0) is 9.57 Å². The Kier molecular flexibility index (Phi) is 7.82. The molecule has 0 spiro atoms. The Labute approximate surface area is 224 Å². The lowest BCUT2D eigenvalue weighted by atomic mass is 10.0. The number of amides is 1. The molecule has 0 unspecified atom stereocenters. The van der Waals surface area contributed by atoms with Crippen molar-refractivity contribution >= 4 is 23.1 Å². The summed E-state index contributed by atoms with van der Waals surface area (Å²) in [6, 6.07) is 2.77. The molecule has 1 aliphatic carbocycles. The summed E-state index contributed by atoms with van der Waals surface area (Å²) in [5.41, 5.74) is 3.06. The van der Waals surface area contributed by atoms with Gasteiger partial charge in [0.05, 0.1) is 31.4 Å². The molecule has 3 heterocycles. The number of ether oxygens (including phenoxy) is 3. The molecule has 2 aliphatic rings. The first-order chi connectivity index (χ1) is 18.9. The number of H-pyrrole nitrogens is 1. The van der Waals surface area contributed by atoms with E-state index in [1.54, 1.807) is 19.9 Å². The highest BCUT2D eigenvalue weighted by molar-refractivity contribution is 6.09. The Bertz CT molecular complexity index is 1370. The summed E-state index contributed by atoms with van der Waals surface area (Å²) in [5.74, 6) is 0.0965. The number of carbonyl (C=O) groups excluding carboxylic acids is 2. The van der Waals surface area contributed by atoms with Gasteiger partial charge in [-0.25, -0.2) is 19.2 Å². The van der Waals surface area contributed by atoms with Gasteiger partial charge in [0.1, 0.15) is 23.3 Å². The number of carbonyl (C=O) groups is 2. The van der Waals surface area contributed by atoms with Crippen molar-refractivity contribution in [2.45, 2.75) is 45.6 Å². The van der Waals surface area contributed by atoms with Crippen molar-refractivity contribution in [3.05, 3.63) is 35.5 Å². The molecule has 0 atom stereocenters. The van der Waals surface area contributed by atoms with Crippen molar-refractivity contribution in [3.8, 4) is 22.8 Å². The molecule has 1 saturated heterocycles. The quantitative estimate of drug-likeness (QED) is 0.384. The van der Waals surface area contributed by atoms with Gasteiger partial charge in [-0.2, -0.15) is 0 Å². The van der Waals surface area contributed by atoms with Gasteiger partial charge in [-0.1, -0.05) is 0 Å². The molecule has 0 bridgehead atoms. The standard InChI is InChI=1S/C27H32FN5O6/c1-4-37-27(35)39-33-9-7-17(8-10-33)32-26(34)22-15(2)31-25-23(29-14-30-24(22)25)18-11-21(36-3)19(28)12-20(18)38-13-16-5-6-16/h11-12,14,16-17,31H,4-10,13H2,1-3H3,(H,32,34). The summed E-state index contributed by atoms with van der Waals surface area (Å²) in [4.78, 5) is 42.2. The lowest BCUT2D eigenvalue weighted by Crippen LogP contribution is -2.45. The number of fused-ring (bicyclic) bond motifs is 1. The maximum absolute atomic E-state index is 14.6. The number of nitrogens with zero attached hydrogens (tertiary/aromatic N) is 3. The van der Waals surface area contributed by atoms with E-state index < -0.39 is 12.0 Å². The van der Waals surface area contributed by atoms with Crippen LogP contribution in [0.4, 0.5) is 9.18 Å². The van der Waals surface area contributed by atoms with Crippen LogP contribution >= 0.6 is 0 Å². The lowest BCUT2D eigenvalue weighted by molar-refractivity contribution is -0.139. The lowest BCUT2D eigenvalue weighted by Gasteiger charge is -2.30. The minimum Gasteiger partial charge on any atom is -0.494 e. The SMILES string of the molecule is CCOC(=O)ON1CCC(NC(=O)c2c(C)[nH]c3c(-c4cc(OC)c(F)cc4OCC4CC4)ncnc23)CC1. The Balaban J connectivity index is 1.37. The van der Waals surface area contributed by atoms with Gasteiger partial charge in [0, 0.05) is 36.5 Å². The fourth-order valence-corrected chi connectivity index (χ4v) is 4.69.